The monoisotopic (exact) mass is 277 g/mol. The van der Waals surface area contributed by atoms with Gasteiger partial charge in [-0.15, -0.1) is 0 Å². The van der Waals surface area contributed by atoms with Gasteiger partial charge >= 0.3 is 0 Å². The molecule has 0 bridgehead atoms. The van der Waals surface area contributed by atoms with E-state index in [2.05, 4.69) is 42.2 Å². The Morgan fingerprint density at radius 2 is 1.90 bits per heavy atom. The Kier molecular flexibility index (Phi) is 6.02. The van der Waals surface area contributed by atoms with Crippen molar-refractivity contribution in [1.82, 2.24) is 4.90 Å². The minimum absolute atomic E-state index is 0.00463. The second-order valence-corrected chi connectivity index (χ2v) is 5.77. The van der Waals surface area contributed by atoms with Crippen LogP contribution in [-0.4, -0.2) is 41.9 Å². The van der Waals surface area contributed by atoms with E-state index < -0.39 is 0 Å². The number of piperidine rings is 1. The molecule has 1 aromatic rings. The molecular weight excluding hydrogens is 250 g/mol. The number of likely N-dealkylation sites (tertiary alicyclic amines) is 1. The van der Waals surface area contributed by atoms with Crippen LogP contribution in [0.1, 0.15) is 38.2 Å². The maximum atomic E-state index is 8.99. The Bertz CT molecular complexity index is 372. The quantitative estimate of drug-likeness (QED) is 0.832. The highest BCUT2D eigenvalue weighted by atomic mass is 16.5. The molecule has 1 heterocycles. The normalized spacial score (nSPS) is 19.1. The van der Waals surface area contributed by atoms with Crippen LogP contribution in [0.15, 0.2) is 30.3 Å². The van der Waals surface area contributed by atoms with Crippen molar-refractivity contribution in [3.8, 4) is 0 Å². The highest BCUT2D eigenvalue weighted by Gasteiger charge is 2.34. The number of benzene rings is 1. The summed E-state index contributed by atoms with van der Waals surface area (Å²) in [5.74, 6) is 0. The summed E-state index contributed by atoms with van der Waals surface area (Å²) in [6.07, 6.45) is 4.40. The summed E-state index contributed by atoms with van der Waals surface area (Å²) in [6, 6.07) is 10.6. The lowest BCUT2D eigenvalue weighted by atomic mass is 9.86. The lowest BCUT2D eigenvalue weighted by Crippen LogP contribution is -2.46. The Labute approximate surface area is 122 Å². The number of aliphatic hydroxyl groups is 1. The molecule has 0 atom stereocenters. The van der Waals surface area contributed by atoms with Gasteiger partial charge in [0.15, 0.2) is 0 Å². The molecular formula is C17H27NO2. The zero-order chi connectivity index (χ0) is 14.3. The number of ether oxygens (including phenoxy) is 1. The van der Waals surface area contributed by atoms with Gasteiger partial charge in [0.2, 0.25) is 0 Å². The zero-order valence-corrected chi connectivity index (χ0v) is 12.6. The fraction of sp³-hybridized carbons (Fsp3) is 0.647. The minimum Gasteiger partial charge on any atom is -0.394 e. The van der Waals surface area contributed by atoms with Gasteiger partial charge in [0.25, 0.3) is 0 Å². The Balaban J connectivity index is 1.86. The standard InChI is InChI=1S/C17H27NO2/c1-2-8-17(20-14-13-19)9-11-18(12-10-17)15-16-6-4-3-5-7-16/h3-7,19H,2,8-15H2,1H3. The van der Waals surface area contributed by atoms with Gasteiger partial charge in [-0.3, -0.25) is 4.90 Å². The lowest BCUT2D eigenvalue weighted by Gasteiger charge is -2.41. The molecule has 0 aliphatic carbocycles. The van der Waals surface area contributed by atoms with Crippen LogP contribution >= 0.6 is 0 Å². The molecule has 0 saturated carbocycles. The van der Waals surface area contributed by atoms with Crippen molar-refractivity contribution in [2.45, 2.75) is 44.8 Å². The molecule has 1 N–H and O–H groups in total. The molecule has 3 heteroatoms. The fourth-order valence-corrected chi connectivity index (χ4v) is 3.14. The van der Waals surface area contributed by atoms with E-state index in [-0.39, 0.29) is 12.2 Å². The second-order valence-electron chi connectivity index (χ2n) is 5.77. The van der Waals surface area contributed by atoms with Crippen molar-refractivity contribution >= 4 is 0 Å². The summed E-state index contributed by atoms with van der Waals surface area (Å²) in [6.45, 7) is 6.00. The zero-order valence-electron chi connectivity index (χ0n) is 12.6. The van der Waals surface area contributed by atoms with Gasteiger partial charge in [0, 0.05) is 19.6 Å². The fourth-order valence-electron chi connectivity index (χ4n) is 3.14. The van der Waals surface area contributed by atoms with Gasteiger partial charge in [-0.1, -0.05) is 43.7 Å². The first-order valence-corrected chi connectivity index (χ1v) is 7.79. The molecule has 0 amide bonds. The molecule has 112 valence electrons. The predicted octanol–water partition coefficient (Wildman–Crippen LogP) is 2.83. The molecule has 3 nitrogen and oxygen atoms in total. The first kappa shape index (κ1) is 15.5. The summed E-state index contributed by atoms with van der Waals surface area (Å²) in [7, 11) is 0. The van der Waals surface area contributed by atoms with E-state index >= 15 is 0 Å². The van der Waals surface area contributed by atoms with Crippen molar-refractivity contribution in [2.24, 2.45) is 0 Å². The van der Waals surface area contributed by atoms with Crippen LogP contribution in [0.4, 0.5) is 0 Å². The minimum atomic E-state index is 0.00463. The summed E-state index contributed by atoms with van der Waals surface area (Å²) >= 11 is 0. The molecule has 0 aromatic heterocycles. The van der Waals surface area contributed by atoms with Crippen molar-refractivity contribution in [2.75, 3.05) is 26.3 Å². The van der Waals surface area contributed by atoms with Crippen LogP contribution in [0.5, 0.6) is 0 Å². The van der Waals surface area contributed by atoms with E-state index in [4.69, 9.17) is 9.84 Å². The van der Waals surface area contributed by atoms with Crippen LogP contribution in [0.2, 0.25) is 0 Å². The average Bonchev–Trinajstić information content (AvgIpc) is 2.49. The Morgan fingerprint density at radius 3 is 2.50 bits per heavy atom. The van der Waals surface area contributed by atoms with E-state index in [1.807, 2.05) is 0 Å². The number of nitrogens with zero attached hydrogens (tertiary/aromatic N) is 1. The third kappa shape index (κ3) is 4.30. The number of rotatable bonds is 7. The highest BCUT2D eigenvalue weighted by molar-refractivity contribution is 5.14. The predicted molar refractivity (Wildman–Crippen MR) is 81.6 cm³/mol. The first-order chi connectivity index (χ1) is 9.78. The van der Waals surface area contributed by atoms with Gasteiger partial charge < -0.3 is 9.84 Å². The number of hydrogen-bond acceptors (Lipinski definition) is 3. The summed E-state index contributed by atoms with van der Waals surface area (Å²) < 4.78 is 5.98. The molecule has 1 aliphatic rings. The molecule has 1 aliphatic heterocycles. The summed E-state index contributed by atoms with van der Waals surface area (Å²) in [5.41, 5.74) is 1.39. The van der Waals surface area contributed by atoms with Gasteiger partial charge in [-0.2, -0.15) is 0 Å². The number of hydrogen-bond donors (Lipinski definition) is 1. The molecule has 2 rings (SSSR count). The maximum Gasteiger partial charge on any atom is 0.0708 e. The van der Waals surface area contributed by atoms with E-state index in [0.29, 0.717) is 6.61 Å². The lowest BCUT2D eigenvalue weighted by molar-refractivity contribution is -0.0986. The number of aliphatic hydroxyl groups excluding tert-OH is 1. The van der Waals surface area contributed by atoms with Crippen molar-refractivity contribution < 1.29 is 9.84 Å². The van der Waals surface area contributed by atoms with Crippen molar-refractivity contribution in [3.05, 3.63) is 35.9 Å². The third-order valence-corrected chi connectivity index (χ3v) is 4.22. The van der Waals surface area contributed by atoms with E-state index in [1.165, 1.54) is 5.56 Å². The van der Waals surface area contributed by atoms with Crippen molar-refractivity contribution in [3.63, 3.8) is 0 Å². The average molecular weight is 277 g/mol. The summed E-state index contributed by atoms with van der Waals surface area (Å²) in [5, 5.41) is 8.99. The van der Waals surface area contributed by atoms with Crippen LogP contribution < -0.4 is 0 Å². The van der Waals surface area contributed by atoms with Crippen LogP contribution in [-0.2, 0) is 11.3 Å². The van der Waals surface area contributed by atoms with Gasteiger partial charge in [0.05, 0.1) is 18.8 Å². The largest absolute Gasteiger partial charge is 0.394 e. The maximum absolute atomic E-state index is 8.99. The molecule has 1 saturated heterocycles. The van der Waals surface area contributed by atoms with E-state index in [0.717, 1.165) is 45.3 Å². The van der Waals surface area contributed by atoms with Crippen LogP contribution in [0.25, 0.3) is 0 Å². The highest BCUT2D eigenvalue weighted by Crippen LogP contribution is 2.31. The topological polar surface area (TPSA) is 32.7 Å². The van der Waals surface area contributed by atoms with Gasteiger partial charge in [0.1, 0.15) is 0 Å². The molecule has 1 aromatic carbocycles. The Hall–Kier alpha value is -0.900. The molecule has 20 heavy (non-hydrogen) atoms. The summed E-state index contributed by atoms with van der Waals surface area (Å²) in [4.78, 5) is 2.51. The van der Waals surface area contributed by atoms with E-state index in [1.54, 1.807) is 0 Å². The molecule has 0 radical (unpaired) electrons. The van der Waals surface area contributed by atoms with Crippen molar-refractivity contribution in [1.29, 1.82) is 0 Å². The molecule has 0 spiro atoms. The molecule has 0 unspecified atom stereocenters. The van der Waals surface area contributed by atoms with Gasteiger partial charge in [-0.25, -0.2) is 0 Å². The third-order valence-electron chi connectivity index (χ3n) is 4.22. The SMILES string of the molecule is CCCC1(OCCO)CCN(Cc2ccccc2)CC1. The van der Waals surface area contributed by atoms with E-state index in [9.17, 15) is 0 Å². The van der Waals surface area contributed by atoms with Crippen LogP contribution in [0, 0.1) is 0 Å². The Morgan fingerprint density at radius 1 is 1.20 bits per heavy atom. The molecule has 1 fully saturated rings. The second kappa shape index (κ2) is 7.77. The smallest absolute Gasteiger partial charge is 0.0708 e. The van der Waals surface area contributed by atoms with Gasteiger partial charge in [-0.05, 0) is 24.8 Å². The first-order valence-electron chi connectivity index (χ1n) is 7.79. The van der Waals surface area contributed by atoms with Crippen LogP contribution in [0.3, 0.4) is 0 Å².